The first kappa shape index (κ1) is 23.6. The van der Waals surface area contributed by atoms with E-state index in [1.54, 1.807) is 12.1 Å². The Balaban J connectivity index is 1.76. The van der Waals surface area contributed by atoms with Crippen molar-refractivity contribution >= 4 is 17.3 Å². The van der Waals surface area contributed by atoms with Gasteiger partial charge in [-0.15, -0.1) is 0 Å². The third-order valence-corrected chi connectivity index (χ3v) is 4.96. The van der Waals surface area contributed by atoms with E-state index in [4.69, 9.17) is 9.47 Å². The molecule has 0 radical (unpaired) electrons. The van der Waals surface area contributed by atoms with Crippen LogP contribution in [0.3, 0.4) is 0 Å². The topological polar surface area (TPSA) is 60.2 Å². The van der Waals surface area contributed by atoms with E-state index >= 15 is 0 Å². The van der Waals surface area contributed by atoms with Gasteiger partial charge in [0.25, 0.3) is 0 Å². The summed E-state index contributed by atoms with van der Waals surface area (Å²) in [7, 11) is 0. The minimum absolute atomic E-state index is 0.0951. The third kappa shape index (κ3) is 9.21. The molecule has 0 unspecified atom stereocenters. The van der Waals surface area contributed by atoms with Gasteiger partial charge in [-0.25, -0.2) is 4.79 Å². The molecular weight excluding hydrogens is 376 g/mol. The molecule has 0 aromatic heterocycles. The molecule has 0 bridgehead atoms. The molecule has 1 atom stereocenters. The van der Waals surface area contributed by atoms with Crippen molar-refractivity contribution < 1.29 is 14.3 Å². The molecule has 0 aliphatic rings. The van der Waals surface area contributed by atoms with Gasteiger partial charge in [0.15, 0.2) is 6.61 Å². The third-order valence-electron chi connectivity index (χ3n) is 4.96. The lowest BCUT2D eigenvalue weighted by Crippen LogP contribution is -2.18. The Morgan fingerprint density at radius 3 is 2.13 bits per heavy atom. The summed E-state index contributed by atoms with van der Waals surface area (Å²) in [6.45, 7) is 6.68. The molecule has 0 N–H and O–H groups in total. The van der Waals surface area contributed by atoms with Crippen molar-refractivity contribution in [3.63, 3.8) is 0 Å². The molecule has 0 saturated heterocycles. The van der Waals surface area contributed by atoms with Crippen LogP contribution in [0.4, 0.5) is 11.4 Å². The van der Waals surface area contributed by atoms with Gasteiger partial charge in [-0.1, -0.05) is 58.6 Å². The van der Waals surface area contributed by atoms with E-state index in [0.29, 0.717) is 18.3 Å². The van der Waals surface area contributed by atoms with Gasteiger partial charge in [-0.3, -0.25) is 0 Å². The van der Waals surface area contributed by atoms with Gasteiger partial charge in [0, 0.05) is 0 Å². The first-order valence-corrected chi connectivity index (χ1v) is 11.0. The predicted molar refractivity (Wildman–Crippen MR) is 121 cm³/mol. The highest BCUT2D eigenvalue weighted by molar-refractivity contribution is 5.71. The second-order valence-electron chi connectivity index (χ2n) is 7.66. The Hall–Kier alpha value is -2.69. The molecule has 5 nitrogen and oxygen atoms in total. The lowest BCUT2D eigenvalue weighted by atomic mass is 10.1. The molecule has 0 heterocycles. The zero-order valence-corrected chi connectivity index (χ0v) is 18.5. The Bertz CT molecular complexity index is 770. The van der Waals surface area contributed by atoms with Crippen molar-refractivity contribution in [1.82, 2.24) is 0 Å². The van der Waals surface area contributed by atoms with E-state index in [1.165, 1.54) is 31.2 Å². The van der Waals surface area contributed by atoms with Crippen LogP contribution in [0.1, 0.15) is 58.4 Å². The molecule has 0 amide bonds. The first-order chi connectivity index (χ1) is 14.6. The van der Waals surface area contributed by atoms with E-state index < -0.39 is 0 Å². The lowest BCUT2D eigenvalue weighted by Gasteiger charge is -2.10. The molecule has 0 saturated carbocycles. The summed E-state index contributed by atoms with van der Waals surface area (Å²) in [6, 6.07) is 15.4. The summed E-state index contributed by atoms with van der Waals surface area (Å²) >= 11 is 0. The summed E-state index contributed by atoms with van der Waals surface area (Å²) in [5.41, 5.74) is 2.90. The van der Waals surface area contributed by atoms with Crippen molar-refractivity contribution in [2.75, 3.05) is 13.2 Å². The fraction of sp³-hybridized carbons (Fsp3) is 0.480. The molecule has 5 heteroatoms. The number of ether oxygens (including phenoxy) is 2. The maximum atomic E-state index is 11.7. The quantitative estimate of drug-likeness (QED) is 0.199. The molecule has 0 aliphatic heterocycles. The Labute approximate surface area is 180 Å². The number of hydrogen-bond donors (Lipinski definition) is 0. The Morgan fingerprint density at radius 1 is 0.900 bits per heavy atom. The lowest BCUT2D eigenvalue weighted by molar-refractivity contribution is -0.147. The molecule has 162 valence electrons. The van der Waals surface area contributed by atoms with Crippen molar-refractivity contribution in [1.29, 1.82) is 0 Å². The highest BCUT2D eigenvalue weighted by Gasteiger charge is 2.07. The second-order valence-corrected chi connectivity index (χ2v) is 7.66. The molecule has 0 fully saturated rings. The highest BCUT2D eigenvalue weighted by Crippen LogP contribution is 2.22. The molecule has 2 rings (SSSR count). The number of nitrogens with zero attached hydrogens (tertiary/aromatic N) is 2. The summed E-state index contributed by atoms with van der Waals surface area (Å²) in [5, 5.41) is 8.56. The first-order valence-electron chi connectivity index (χ1n) is 11.0. The molecule has 0 spiro atoms. The van der Waals surface area contributed by atoms with E-state index in [0.717, 1.165) is 24.2 Å². The SMILES string of the molecule is CCCCCCc1ccc(N=Nc2ccc(OCC(=O)OC[C@H](C)CC)cc2)cc1. The molecule has 30 heavy (non-hydrogen) atoms. The summed E-state index contributed by atoms with van der Waals surface area (Å²) in [5.74, 6) is 0.607. The van der Waals surface area contributed by atoms with Gasteiger partial charge < -0.3 is 9.47 Å². The number of unbranched alkanes of at least 4 members (excludes halogenated alkanes) is 3. The fourth-order valence-corrected chi connectivity index (χ4v) is 2.75. The summed E-state index contributed by atoms with van der Waals surface area (Å²) in [4.78, 5) is 11.7. The normalized spacial score (nSPS) is 12.1. The van der Waals surface area contributed by atoms with Crippen LogP contribution >= 0.6 is 0 Å². The van der Waals surface area contributed by atoms with Gasteiger partial charge in [0.05, 0.1) is 18.0 Å². The van der Waals surface area contributed by atoms with Gasteiger partial charge >= 0.3 is 5.97 Å². The van der Waals surface area contributed by atoms with E-state index in [1.807, 2.05) is 31.2 Å². The van der Waals surface area contributed by atoms with Crippen LogP contribution in [0.5, 0.6) is 5.75 Å². The number of carbonyl (C=O) groups is 1. The van der Waals surface area contributed by atoms with Gasteiger partial charge in [-0.05, 0) is 60.7 Å². The van der Waals surface area contributed by atoms with Crippen LogP contribution in [0.25, 0.3) is 0 Å². The molecular formula is C25H34N2O3. The minimum atomic E-state index is -0.354. The number of hydrogen-bond acceptors (Lipinski definition) is 5. The van der Waals surface area contributed by atoms with Crippen LogP contribution in [-0.4, -0.2) is 19.2 Å². The summed E-state index contributed by atoms with van der Waals surface area (Å²) < 4.78 is 10.6. The molecule has 2 aromatic carbocycles. The Morgan fingerprint density at radius 2 is 1.53 bits per heavy atom. The van der Waals surface area contributed by atoms with Gasteiger partial charge in [0.1, 0.15) is 5.75 Å². The van der Waals surface area contributed by atoms with Crippen LogP contribution in [0, 0.1) is 5.92 Å². The van der Waals surface area contributed by atoms with Gasteiger partial charge in [0.2, 0.25) is 0 Å². The van der Waals surface area contributed by atoms with Crippen LogP contribution in [-0.2, 0) is 16.0 Å². The van der Waals surface area contributed by atoms with Crippen LogP contribution in [0.2, 0.25) is 0 Å². The number of esters is 1. The Kier molecular flexibility index (Phi) is 10.6. The number of aryl methyl sites for hydroxylation is 1. The number of carbonyl (C=O) groups excluding carboxylic acids is 1. The fourth-order valence-electron chi connectivity index (χ4n) is 2.75. The monoisotopic (exact) mass is 410 g/mol. The average molecular weight is 411 g/mol. The zero-order valence-electron chi connectivity index (χ0n) is 18.5. The standard InChI is InChI=1S/C25H34N2O3/c1-4-6-7-8-9-21-10-12-22(13-11-21)26-27-23-14-16-24(17-15-23)29-19-25(28)30-18-20(3)5-2/h10-17,20H,4-9,18-19H2,1-3H3/t20-/m1/s1. The number of azo groups is 1. The van der Waals surface area contributed by atoms with Crippen LogP contribution in [0.15, 0.2) is 58.8 Å². The minimum Gasteiger partial charge on any atom is -0.482 e. The maximum Gasteiger partial charge on any atom is 0.344 e. The van der Waals surface area contributed by atoms with Crippen molar-refractivity contribution in [2.45, 2.75) is 59.3 Å². The average Bonchev–Trinajstić information content (AvgIpc) is 2.79. The van der Waals surface area contributed by atoms with Crippen molar-refractivity contribution in [2.24, 2.45) is 16.1 Å². The van der Waals surface area contributed by atoms with Crippen molar-refractivity contribution in [3.8, 4) is 5.75 Å². The largest absolute Gasteiger partial charge is 0.482 e. The second kappa shape index (κ2) is 13.5. The molecule has 2 aromatic rings. The smallest absolute Gasteiger partial charge is 0.344 e. The molecule has 0 aliphatic carbocycles. The van der Waals surface area contributed by atoms with Crippen molar-refractivity contribution in [3.05, 3.63) is 54.1 Å². The zero-order chi connectivity index (χ0) is 21.6. The van der Waals surface area contributed by atoms with Crippen LogP contribution < -0.4 is 4.74 Å². The number of benzene rings is 2. The predicted octanol–water partition coefficient (Wildman–Crippen LogP) is 7.19. The highest BCUT2D eigenvalue weighted by atomic mass is 16.6. The van der Waals surface area contributed by atoms with Gasteiger partial charge in [-0.2, -0.15) is 10.2 Å². The maximum absolute atomic E-state index is 11.7. The summed E-state index contributed by atoms with van der Waals surface area (Å²) in [6.07, 6.45) is 7.18. The number of rotatable bonds is 13. The van der Waals surface area contributed by atoms with E-state index in [-0.39, 0.29) is 12.6 Å². The van der Waals surface area contributed by atoms with E-state index in [2.05, 4.69) is 36.2 Å². The van der Waals surface area contributed by atoms with E-state index in [9.17, 15) is 4.79 Å².